The second-order valence-electron chi connectivity index (χ2n) is 5.83. The van der Waals surface area contributed by atoms with Gasteiger partial charge in [0.25, 0.3) is 0 Å². The lowest BCUT2D eigenvalue weighted by molar-refractivity contribution is 0.939. The molecule has 2 rings (SSSR count). The lowest BCUT2D eigenvalue weighted by atomic mass is 10.3. The molecule has 0 atom stereocenters. The Morgan fingerprint density at radius 2 is 2.00 bits per heavy atom. The summed E-state index contributed by atoms with van der Waals surface area (Å²) in [7, 11) is 4.48. The molecule has 2 heterocycles. The average molecular weight is 278 g/mol. The van der Waals surface area contributed by atoms with Gasteiger partial charge < -0.3 is 9.38 Å². The number of rotatable bonds is 2. The van der Waals surface area contributed by atoms with Crippen LogP contribution in [-0.2, 0) is 7.05 Å². The molecule has 0 fully saturated rings. The first-order valence-electron chi connectivity index (χ1n) is 5.95. The first-order chi connectivity index (χ1) is 8.23. The molecule has 2 aromatic heterocycles. The van der Waals surface area contributed by atoms with Gasteiger partial charge in [-0.3, -0.25) is 0 Å². The fraction of sp³-hybridized carbons (Fsp3) is 0.455. The first kappa shape index (κ1) is 13.5. The summed E-state index contributed by atoms with van der Waals surface area (Å²) < 4.78 is 2.02. The van der Waals surface area contributed by atoms with E-state index >= 15 is 0 Å². The smallest absolute Gasteiger partial charge is 0.219 e. The largest absolute Gasteiger partial charge is 0.408 e. The van der Waals surface area contributed by atoms with Gasteiger partial charge in [-0.1, -0.05) is 19.6 Å². The molecular weight excluding hydrogens is 259 g/mol. The third-order valence-electron chi connectivity index (χ3n) is 2.95. The molecule has 0 N–H and O–H groups in total. The van der Waals surface area contributed by atoms with Gasteiger partial charge in [0.15, 0.2) is 0 Å². The summed E-state index contributed by atoms with van der Waals surface area (Å²) in [6, 6.07) is 0. The van der Waals surface area contributed by atoms with Crippen molar-refractivity contribution in [2.24, 2.45) is 7.05 Å². The van der Waals surface area contributed by atoms with Crippen molar-refractivity contribution in [3.8, 4) is 0 Å². The summed E-state index contributed by atoms with van der Waals surface area (Å²) in [6.07, 6.45) is 1.83. The van der Waals surface area contributed by atoms with E-state index in [1.807, 2.05) is 37.8 Å². The summed E-state index contributed by atoms with van der Waals surface area (Å²) in [5.74, 6) is 0.931. The summed E-state index contributed by atoms with van der Waals surface area (Å²) in [4.78, 5) is 12.3. The van der Waals surface area contributed by atoms with Gasteiger partial charge in [0.2, 0.25) is 7.98 Å². The molecule has 96 valence electrons. The van der Waals surface area contributed by atoms with E-state index in [2.05, 4.69) is 24.6 Å². The average Bonchev–Trinajstić information content (AvgIpc) is 2.59. The van der Waals surface area contributed by atoms with Crippen molar-refractivity contribution in [2.75, 3.05) is 11.9 Å². The van der Waals surface area contributed by atoms with E-state index in [1.165, 1.54) is 0 Å². The lowest BCUT2D eigenvalue weighted by Gasteiger charge is -2.22. The van der Waals surface area contributed by atoms with E-state index in [-0.39, 0.29) is 0 Å². The van der Waals surface area contributed by atoms with E-state index in [0.717, 1.165) is 27.1 Å². The Hall–Kier alpha value is -0.948. The molecule has 0 aliphatic carbocycles. The van der Waals surface area contributed by atoms with Crippen molar-refractivity contribution >= 4 is 50.9 Å². The summed E-state index contributed by atoms with van der Waals surface area (Å²) >= 11 is 4.70. The third-order valence-corrected chi connectivity index (χ3v) is 5.37. The van der Waals surface area contributed by atoms with Gasteiger partial charge in [0.05, 0.1) is 11.8 Å². The monoisotopic (exact) mass is 278 g/mol. The highest BCUT2D eigenvalue weighted by Crippen LogP contribution is 2.27. The number of nitrogens with zero attached hydrogens (tertiary/aromatic N) is 4. The van der Waals surface area contributed by atoms with Gasteiger partial charge in [-0.15, -0.1) is 12.6 Å². The molecule has 0 radical (unpaired) electrons. The molecule has 7 heteroatoms. The predicted molar refractivity (Wildman–Crippen MR) is 85.7 cm³/mol. The molecule has 0 saturated heterocycles. The zero-order valence-electron chi connectivity index (χ0n) is 11.8. The summed E-state index contributed by atoms with van der Waals surface area (Å²) in [6.45, 7) is 6.87. The van der Waals surface area contributed by atoms with E-state index in [4.69, 9.17) is 17.6 Å². The molecule has 2 aromatic rings. The summed E-state index contributed by atoms with van der Waals surface area (Å²) in [5.41, 5.74) is 2.00. The number of aromatic nitrogens is 3. The highest BCUT2D eigenvalue weighted by Gasteiger charge is 2.26. The van der Waals surface area contributed by atoms with Crippen molar-refractivity contribution in [1.82, 2.24) is 14.5 Å². The van der Waals surface area contributed by atoms with Crippen molar-refractivity contribution in [1.29, 1.82) is 0 Å². The van der Waals surface area contributed by atoms with Crippen LogP contribution in [0, 0.1) is 0 Å². The number of aryl methyl sites for hydroxylation is 1. The first-order valence-corrected chi connectivity index (χ1v) is 9.90. The highest BCUT2D eigenvalue weighted by atomic mass is 32.1. The fourth-order valence-electron chi connectivity index (χ4n) is 2.03. The number of imidazole rings is 1. The second-order valence-corrected chi connectivity index (χ2v) is 11.3. The van der Waals surface area contributed by atoms with Gasteiger partial charge in [-0.05, 0) is 7.05 Å². The fourth-order valence-corrected chi connectivity index (χ4v) is 4.62. The predicted octanol–water partition coefficient (Wildman–Crippen LogP) is 0.786. The van der Waals surface area contributed by atoms with Gasteiger partial charge in [0.1, 0.15) is 19.4 Å². The number of fused-ring (bicyclic) bond motifs is 1. The Balaban J connectivity index is 2.90. The standard InChI is InChI=1S/C11H19BN4SSi/c1-15-6-13-7-8(15)9(17)11(18(3,4)5)14-10(7)16(2)12/h6,17H,12H2,1-5H3. The maximum atomic E-state index is 4.82. The zero-order chi connectivity index (χ0) is 13.7. The summed E-state index contributed by atoms with van der Waals surface area (Å²) in [5, 5.41) is 1.14. The zero-order valence-corrected chi connectivity index (χ0v) is 13.7. The topological polar surface area (TPSA) is 34.0 Å². The molecule has 0 amide bonds. The normalized spacial score (nSPS) is 12.1. The van der Waals surface area contributed by atoms with Gasteiger partial charge in [0, 0.05) is 17.3 Å². The molecular formula is C11H19BN4SSi. The molecule has 0 aliphatic heterocycles. The minimum atomic E-state index is -1.52. The van der Waals surface area contributed by atoms with Crippen LogP contribution in [-0.4, -0.2) is 37.6 Å². The van der Waals surface area contributed by atoms with E-state index in [0.29, 0.717) is 0 Å². The Morgan fingerprint density at radius 3 is 2.50 bits per heavy atom. The van der Waals surface area contributed by atoms with E-state index in [1.54, 1.807) is 0 Å². The van der Waals surface area contributed by atoms with Gasteiger partial charge >= 0.3 is 0 Å². The quantitative estimate of drug-likeness (QED) is 0.651. The maximum absolute atomic E-state index is 4.82. The molecule has 0 bridgehead atoms. The third kappa shape index (κ3) is 2.05. The van der Waals surface area contributed by atoms with E-state index < -0.39 is 8.07 Å². The van der Waals surface area contributed by atoms with Crippen LogP contribution in [0.2, 0.25) is 19.6 Å². The van der Waals surface area contributed by atoms with Gasteiger partial charge in [-0.25, -0.2) is 9.97 Å². The number of pyridine rings is 1. The molecule has 4 nitrogen and oxygen atoms in total. The van der Waals surface area contributed by atoms with Crippen LogP contribution in [0.3, 0.4) is 0 Å². The number of hydrogen-bond acceptors (Lipinski definition) is 4. The van der Waals surface area contributed by atoms with Crippen molar-refractivity contribution in [2.45, 2.75) is 24.5 Å². The number of thiol groups is 1. The van der Waals surface area contributed by atoms with Crippen LogP contribution in [0.1, 0.15) is 0 Å². The molecule has 0 aromatic carbocycles. The Kier molecular flexibility index (Phi) is 3.23. The minimum Gasteiger partial charge on any atom is -0.408 e. The van der Waals surface area contributed by atoms with Crippen molar-refractivity contribution in [3.05, 3.63) is 6.33 Å². The van der Waals surface area contributed by atoms with Crippen LogP contribution in [0.5, 0.6) is 0 Å². The Morgan fingerprint density at radius 1 is 1.39 bits per heavy atom. The molecule has 0 unspecified atom stereocenters. The van der Waals surface area contributed by atoms with Crippen LogP contribution in [0.25, 0.3) is 11.0 Å². The second kappa shape index (κ2) is 4.31. The SMILES string of the molecule is BN(C)c1nc([Si](C)(C)C)c(S)c2c1ncn2C. The van der Waals surface area contributed by atoms with Crippen LogP contribution < -0.4 is 10.1 Å². The number of anilines is 1. The lowest BCUT2D eigenvalue weighted by Crippen LogP contribution is -2.42. The van der Waals surface area contributed by atoms with E-state index in [9.17, 15) is 0 Å². The molecule has 18 heavy (non-hydrogen) atoms. The van der Waals surface area contributed by atoms with Crippen LogP contribution in [0.15, 0.2) is 11.2 Å². The van der Waals surface area contributed by atoms with Crippen LogP contribution in [0.4, 0.5) is 5.82 Å². The maximum Gasteiger partial charge on any atom is 0.219 e. The van der Waals surface area contributed by atoms with Crippen molar-refractivity contribution < 1.29 is 0 Å². The molecule has 0 spiro atoms. The Bertz CT molecular complexity index is 603. The van der Waals surface area contributed by atoms with Crippen molar-refractivity contribution in [3.63, 3.8) is 0 Å². The minimum absolute atomic E-state index is 0.925. The van der Waals surface area contributed by atoms with Gasteiger partial charge in [-0.2, -0.15) is 0 Å². The Labute approximate surface area is 115 Å². The van der Waals surface area contributed by atoms with Crippen LogP contribution >= 0.6 is 12.6 Å². The molecule has 0 aliphatic rings. The number of hydrogen-bond donors (Lipinski definition) is 1. The highest BCUT2D eigenvalue weighted by molar-refractivity contribution is 7.80. The molecule has 0 saturated carbocycles.